The lowest BCUT2D eigenvalue weighted by atomic mass is 9.90. The number of imidazole rings is 1. The van der Waals surface area contributed by atoms with E-state index < -0.39 is 5.60 Å². The molecule has 0 fully saturated rings. The molecule has 1 N–H and O–H groups in total. The van der Waals surface area contributed by atoms with E-state index in [1.807, 2.05) is 28.2 Å². The number of hydrogen-bond acceptors (Lipinski definition) is 4. The average molecular weight is 283 g/mol. The van der Waals surface area contributed by atoms with Crippen LogP contribution in [0.15, 0.2) is 42.0 Å². The number of nitrogens with zero attached hydrogens (tertiary/aromatic N) is 3. The van der Waals surface area contributed by atoms with Crippen LogP contribution in [0.25, 0.3) is 4.96 Å². The summed E-state index contributed by atoms with van der Waals surface area (Å²) >= 11 is 1.56. The van der Waals surface area contributed by atoms with Crippen molar-refractivity contribution in [1.82, 2.24) is 9.38 Å². The van der Waals surface area contributed by atoms with Gasteiger partial charge in [0.1, 0.15) is 0 Å². The van der Waals surface area contributed by atoms with E-state index in [9.17, 15) is 5.11 Å². The van der Waals surface area contributed by atoms with Crippen molar-refractivity contribution in [2.45, 2.75) is 18.9 Å². The highest BCUT2D eigenvalue weighted by atomic mass is 32.1. The SMILES string of the molecule is CC(O)(Cc1cn2ccsc2n1)c1cccc(C#N)c1. The Morgan fingerprint density at radius 2 is 2.35 bits per heavy atom. The van der Waals surface area contributed by atoms with Crippen molar-refractivity contribution in [1.29, 1.82) is 5.26 Å². The topological polar surface area (TPSA) is 61.3 Å². The number of nitriles is 1. The van der Waals surface area contributed by atoms with Gasteiger partial charge in [-0.2, -0.15) is 5.26 Å². The van der Waals surface area contributed by atoms with Gasteiger partial charge in [-0.3, -0.25) is 4.40 Å². The first-order valence-corrected chi connectivity index (χ1v) is 7.10. The van der Waals surface area contributed by atoms with Gasteiger partial charge in [0, 0.05) is 24.2 Å². The van der Waals surface area contributed by atoms with Crippen molar-refractivity contribution < 1.29 is 5.11 Å². The number of aliphatic hydroxyl groups is 1. The van der Waals surface area contributed by atoms with Gasteiger partial charge in [0.2, 0.25) is 0 Å². The van der Waals surface area contributed by atoms with Gasteiger partial charge in [-0.1, -0.05) is 12.1 Å². The van der Waals surface area contributed by atoms with Crippen LogP contribution in [-0.2, 0) is 12.0 Å². The summed E-state index contributed by atoms with van der Waals surface area (Å²) < 4.78 is 1.95. The highest BCUT2D eigenvalue weighted by Crippen LogP contribution is 2.26. The average Bonchev–Trinajstić information content (AvgIpc) is 2.99. The summed E-state index contributed by atoms with van der Waals surface area (Å²) in [5.74, 6) is 0. The Hall–Kier alpha value is -2.16. The maximum atomic E-state index is 10.7. The van der Waals surface area contributed by atoms with Gasteiger partial charge in [0.05, 0.1) is 22.9 Å². The fourth-order valence-electron chi connectivity index (χ4n) is 2.24. The van der Waals surface area contributed by atoms with Gasteiger partial charge in [-0.15, -0.1) is 11.3 Å². The molecule has 0 radical (unpaired) electrons. The van der Waals surface area contributed by atoms with Gasteiger partial charge in [0.25, 0.3) is 0 Å². The van der Waals surface area contributed by atoms with Crippen molar-refractivity contribution in [3.05, 3.63) is 58.9 Å². The zero-order chi connectivity index (χ0) is 14.2. The summed E-state index contributed by atoms with van der Waals surface area (Å²) in [5.41, 5.74) is 1.07. The number of thiazole rings is 1. The molecule has 3 rings (SSSR count). The van der Waals surface area contributed by atoms with Gasteiger partial charge in [-0.05, 0) is 24.6 Å². The second kappa shape index (κ2) is 4.75. The van der Waals surface area contributed by atoms with Crippen LogP contribution in [0.2, 0.25) is 0 Å². The van der Waals surface area contributed by atoms with E-state index in [1.165, 1.54) is 0 Å². The molecular weight excluding hydrogens is 270 g/mol. The minimum atomic E-state index is -1.04. The molecule has 1 aromatic carbocycles. The normalized spacial score (nSPS) is 14.1. The zero-order valence-electron chi connectivity index (χ0n) is 10.9. The number of aromatic nitrogens is 2. The Morgan fingerprint density at radius 1 is 1.50 bits per heavy atom. The first-order valence-electron chi connectivity index (χ1n) is 6.22. The molecule has 100 valence electrons. The molecule has 0 saturated heterocycles. The standard InChI is InChI=1S/C15H13N3OS/c1-15(19,12-4-2-3-11(7-12)9-16)8-13-10-18-5-6-20-14(18)17-13/h2-7,10,19H,8H2,1H3. The maximum absolute atomic E-state index is 10.7. The predicted octanol–water partition coefficient (Wildman–Crippen LogP) is 2.72. The van der Waals surface area contributed by atoms with Crippen LogP contribution in [0.4, 0.5) is 0 Å². The van der Waals surface area contributed by atoms with Crippen molar-refractivity contribution >= 4 is 16.3 Å². The first kappa shape index (κ1) is 12.9. The lowest BCUT2D eigenvalue weighted by Gasteiger charge is -2.23. The third-order valence-electron chi connectivity index (χ3n) is 3.28. The Bertz CT molecular complexity index is 766. The summed E-state index contributed by atoms with van der Waals surface area (Å²) in [6, 6.07) is 9.16. The molecule has 2 heterocycles. The van der Waals surface area contributed by atoms with E-state index in [2.05, 4.69) is 11.1 Å². The Labute approximate surface area is 120 Å². The van der Waals surface area contributed by atoms with Crippen LogP contribution < -0.4 is 0 Å². The summed E-state index contributed by atoms with van der Waals surface area (Å²) in [6.45, 7) is 1.75. The van der Waals surface area contributed by atoms with E-state index in [0.29, 0.717) is 12.0 Å². The lowest BCUT2D eigenvalue weighted by molar-refractivity contribution is 0.0567. The van der Waals surface area contributed by atoms with E-state index in [4.69, 9.17) is 5.26 Å². The molecule has 0 aliphatic carbocycles. The van der Waals surface area contributed by atoms with E-state index in [0.717, 1.165) is 16.2 Å². The quantitative estimate of drug-likeness (QED) is 0.804. The fraction of sp³-hybridized carbons (Fsp3) is 0.200. The van der Waals surface area contributed by atoms with Gasteiger partial charge < -0.3 is 5.11 Å². The molecule has 0 bridgehead atoms. The molecule has 1 atom stereocenters. The molecule has 4 nitrogen and oxygen atoms in total. The van der Waals surface area contributed by atoms with Crippen LogP contribution in [0.1, 0.15) is 23.7 Å². The van der Waals surface area contributed by atoms with Crippen LogP contribution in [0, 0.1) is 11.3 Å². The smallest absolute Gasteiger partial charge is 0.193 e. The first-order chi connectivity index (χ1) is 9.58. The van der Waals surface area contributed by atoms with Gasteiger partial charge in [-0.25, -0.2) is 4.98 Å². The Balaban J connectivity index is 1.91. The molecule has 0 spiro atoms. The number of fused-ring (bicyclic) bond motifs is 1. The summed E-state index contributed by atoms with van der Waals surface area (Å²) in [7, 11) is 0. The maximum Gasteiger partial charge on any atom is 0.193 e. The van der Waals surface area contributed by atoms with Crippen LogP contribution in [-0.4, -0.2) is 14.5 Å². The second-order valence-corrected chi connectivity index (χ2v) is 5.84. The molecular formula is C15H13N3OS. The van der Waals surface area contributed by atoms with Crippen molar-refractivity contribution in [3.8, 4) is 6.07 Å². The lowest BCUT2D eigenvalue weighted by Crippen LogP contribution is -2.24. The molecule has 0 aliphatic heterocycles. The molecule has 1 unspecified atom stereocenters. The van der Waals surface area contributed by atoms with Crippen molar-refractivity contribution in [2.24, 2.45) is 0 Å². The van der Waals surface area contributed by atoms with Crippen molar-refractivity contribution in [3.63, 3.8) is 0 Å². The molecule has 3 aromatic rings. The number of hydrogen-bond donors (Lipinski definition) is 1. The monoisotopic (exact) mass is 283 g/mol. The molecule has 2 aromatic heterocycles. The van der Waals surface area contributed by atoms with Crippen LogP contribution in [0.3, 0.4) is 0 Å². The Morgan fingerprint density at radius 3 is 3.10 bits per heavy atom. The molecule has 5 heteroatoms. The zero-order valence-corrected chi connectivity index (χ0v) is 11.8. The summed E-state index contributed by atoms with van der Waals surface area (Å²) in [6.07, 6.45) is 4.28. The highest BCUT2D eigenvalue weighted by Gasteiger charge is 2.25. The van der Waals surface area contributed by atoms with E-state index >= 15 is 0 Å². The third-order valence-corrected chi connectivity index (χ3v) is 4.05. The summed E-state index contributed by atoms with van der Waals surface area (Å²) in [5, 5.41) is 21.6. The molecule has 0 amide bonds. The van der Waals surface area contributed by atoms with Crippen LogP contribution >= 0.6 is 11.3 Å². The highest BCUT2D eigenvalue weighted by molar-refractivity contribution is 7.15. The molecule has 0 saturated carbocycles. The molecule has 20 heavy (non-hydrogen) atoms. The second-order valence-electron chi connectivity index (χ2n) is 4.97. The number of rotatable bonds is 3. The minimum absolute atomic E-state index is 0.413. The Kier molecular flexibility index (Phi) is 3.05. The number of benzene rings is 1. The summed E-state index contributed by atoms with van der Waals surface area (Å²) in [4.78, 5) is 5.40. The minimum Gasteiger partial charge on any atom is -0.385 e. The predicted molar refractivity (Wildman–Crippen MR) is 77.5 cm³/mol. The van der Waals surface area contributed by atoms with Gasteiger partial charge in [0.15, 0.2) is 4.96 Å². The fourth-order valence-corrected chi connectivity index (χ4v) is 2.96. The van der Waals surface area contributed by atoms with Gasteiger partial charge >= 0.3 is 0 Å². The van der Waals surface area contributed by atoms with E-state index in [-0.39, 0.29) is 0 Å². The third kappa shape index (κ3) is 2.31. The van der Waals surface area contributed by atoms with Crippen LogP contribution in [0.5, 0.6) is 0 Å². The van der Waals surface area contributed by atoms with Crippen molar-refractivity contribution in [2.75, 3.05) is 0 Å². The largest absolute Gasteiger partial charge is 0.385 e. The van der Waals surface area contributed by atoms with E-state index in [1.54, 1.807) is 36.5 Å². The molecule has 0 aliphatic rings.